The molecule has 0 aliphatic heterocycles. The van der Waals surface area contributed by atoms with Crippen molar-refractivity contribution in [2.75, 3.05) is 6.54 Å². The van der Waals surface area contributed by atoms with Crippen molar-refractivity contribution < 1.29 is 5.11 Å². The molecule has 1 atom stereocenters. The smallest absolute Gasteiger partial charge is 0.115 e. The highest BCUT2D eigenvalue weighted by Gasteiger charge is 2.20. The van der Waals surface area contributed by atoms with E-state index in [1.807, 2.05) is 12.1 Å². The second-order valence-electron chi connectivity index (χ2n) is 5.78. The van der Waals surface area contributed by atoms with Crippen molar-refractivity contribution in [1.82, 2.24) is 5.32 Å². The van der Waals surface area contributed by atoms with E-state index >= 15 is 0 Å². The lowest BCUT2D eigenvalue weighted by atomic mass is 9.80. The predicted molar refractivity (Wildman–Crippen MR) is 78.1 cm³/mol. The van der Waals surface area contributed by atoms with E-state index in [0.717, 1.165) is 6.54 Å². The Morgan fingerprint density at radius 2 is 1.83 bits per heavy atom. The molecule has 2 nitrogen and oxygen atoms in total. The zero-order chi connectivity index (χ0) is 13.6. The molecule has 18 heavy (non-hydrogen) atoms. The Morgan fingerprint density at radius 1 is 1.22 bits per heavy atom. The Hall–Kier alpha value is -1.02. The van der Waals surface area contributed by atoms with Crippen LogP contribution in [0, 0.1) is 0 Å². The van der Waals surface area contributed by atoms with Gasteiger partial charge in [0.25, 0.3) is 0 Å². The van der Waals surface area contributed by atoms with Crippen molar-refractivity contribution in [3.8, 4) is 5.75 Å². The van der Waals surface area contributed by atoms with Crippen molar-refractivity contribution in [1.29, 1.82) is 0 Å². The summed E-state index contributed by atoms with van der Waals surface area (Å²) in [6.45, 7) is 9.99. The number of hydrogen-bond donors (Lipinski definition) is 2. The average Bonchev–Trinajstić information content (AvgIpc) is 2.29. The zero-order valence-electron chi connectivity index (χ0n) is 12.2. The van der Waals surface area contributed by atoms with Crippen molar-refractivity contribution in [3.63, 3.8) is 0 Å². The molecule has 0 fully saturated rings. The summed E-state index contributed by atoms with van der Waals surface area (Å²) in [5, 5.41) is 12.8. The van der Waals surface area contributed by atoms with Crippen LogP contribution in [-0.4, -0.2) is 17.7 Å². The molecule has 0 aliphatic carbocycles. The molecule has 0 radical (unpaired) electrons. The van der Waals surface area contributed by atoms with Gasteiger partial charge >= 0.3 is 0 Å². The molecule has 2 heteroatoms. The maximum Gasteiger partial charge on any atom is 0.115 e. The molecule has 0 amide bonds. The van der Waals surface area contributed by atoms with Crippen molar-refractivity contribution in [3.05, 3.63) is 29.8 Å². The fourth-order valence-electron chi connectivity index (χ4n) is 2.36. The topological polar surface area (TPSA) is 32.3 Å². The van der Waals surface area contributed by atoms with Crippen molar-refractivity contribution in [2.24, 2.45) is 0 Å². The minimum absolute atomic E-state index is 0.180. The molecule has 0 heterocycles. The Bertz CT molecular complexity index is 343. The van der Waals surface area contributed by atoms with Crippen LogP contribution in [-0.2, 0) is 5.41 Å². The maximum absolute atomic E-state index is 9.32. The van der Waals surface area contributed by atoms with Crippen LogP contribution in [0.5, 0.6) is 5.75 Å². The molecular formula is C16H27NO. The first-order valence-electron chi connectivity index (χ1n) is 6.98. The predicted octanol–water partition coefficient (Wildman–Crippen LogP) is 3.84. The van der Waals surface area contributed by atoms with Gasteiger partial charge in [0.2, 0.25) is 0 Å². The highest BCUT2D eigenvalue weighted by Crippen LogP contribution is 2.30. The minimum atomic E-state index is 0.180. The Balaban J connectivity index is 2.46. The molecule has 0 saturated carbocycles. The van der Waals surface area contributed by atoms with Gasteiger partial charge in [-0.2, -0.15) is 0 Å². The van der Waals surface area contributed by atoms with Gasteiger partial charge in [-0.25, -0.2) is 0 Å². The van der Waals surface area contributed by atoms with Gasteiger partial charge in [0, 0.05) is 6.04 Å². The maximum atomic E-state index is 9.32. The Labute approximate surface area is 111 Å². The van der Waals surface area contributed by atoms with Gasteiger partial charge in [0.15, 0.2) is 0 Å². The van der Waals surface area contributed by atoms with Gasteiger partial charge in [-0.05, 0) is 49.4 Å². The van der Waals surface area contributed by atoms with E-state index in [0.29, 0.717) is 11.8 Å². The highest BCUT2D eigenvalue weighted by atomic mass is 16.3. The minimum Gasteiger partial charge on any atom is -0.508 e. The molecule has 0 aromatic heterocycles. The summed E-state index contributed by atoms with van der Waals surface area (Å²) in [7, 11) is 0. The normalized spacial score (nSPS) is 13.6. The van der Waals surface area contributed by atoms with E-state index in [1.165, 1.54) is 24.8 Å². The highest BCUT2D eigenvalue weighted by molar-refractivity contribution is 5.30. The zero-order valence-corrected chi connectivity index (χ0v) is 12.2. The Kier molecular flexibility index (Phi) is 5.67. The van der Waals surface area contributed by atoms with Crippen LogP contribution < -0.4 is 5.32 Å². The summed E-state index contributed by atoms with van der Waals surface area (Å²) in [5.41, 5.74) is 1.48. The standard InChI is InChI=1S/C16H27NO/c1-5-17-13(2)7-6-12-16(3,4)14-8-10-15(18)11-9-14/h8-11,13,17-18H,5-7,12H2,1-4H3. The monoisotopic (exact) mass is 249 g/mol. The molecule has 0 bridgehead atoms. The lowest BCUT2D eigenvalue weighted by Crippen LogP contribution is -2.26. The molecule has 1 aromatic rings. The molecule has 1 unspecified atom stereocenters. The number of rotatable bonds is 7. The molecule has 102 valence electrons. The van der Waals surface area contributed by atoms with E-state index in [4.69, 9.17) is 0 Å². The molecule has 0 spiro atoms. The van der Waals surface area contributed by atoms with Crippen LogP contribution in [0.15, 0.2) is 24.3 Å². The molecular weight excluding hydrogens is 222 g/mol. The number of aromatic hydroxyl groups is 1. The number of hydrogen-bond acceptors (Lipinski definition) is 2. The Morgan fingerprint density at radius 3 is 2.39 bits per heavy atom. The van der Waals surface area contributed by atoms with Gasteiger partial charge in [-0.15, -0.1) is 0 Å². The van der Waals surface area contributed by atoms with Gasteiger partial charge in [-0.3, -0.25) is 0 Å². The fraction of sp³-hybridized carbons (Fsp3) is 0.625. The molecule has 0 saturated heterocycles. The summed E-state index contributed by atoms with van der Waals surface area (Å²) in [6.07, 6.45) is 3.62. The fourth-order valence-corrected chi connectivity index (χ4v) is 2.36. The SMILES string of the molecule is CCNC(C)CCCC(C)(C)c1ccc(O)cc1. The van der Waals surface area contributed by atoms with Gasteiger partial charge in [-0.1, -0.05) is 39.3 Å². The second-order valence-corrected chi connectivity index (χ2v) is 5.78. The first kappa shape index (κ1) is 15.0. The van der Waals surface area contributed by atoms with Crippen LogP contribution in [0.25, 0.3) is 0 Å². The van der Waals surface area contributed by atoms with Crippen LogP contribution in [0.1, 0.15) is 52.5 Å². The summed E-state index contributed by atoms with van der Waals surface area (Å²) in [4.78, 5) is 0. The van der Waals surface area contributed by atoms with Gasteiger partial charge in [0.05, 0.1) is 0 Å². The number of phenols is 1. The van der Waals surface area contributed by atoms with E-state index in [2.05, 4.69) is 33.0 Å². The number of phenolic OH excluding ortho intramolecular Hbond substituents is 1. The summed E-state index contributed by atoms with van der Waals surface area (Å²) in [6, 6.07) is 8.22. The second kappa shape index (κ2) is 6.79. The van der Waals surface area contributed by atoms with Gasteiger partial charge in [0.1, 0.15) is 5.75 Å². The van der Waals surface area contributed by atoms with Crippen molar-refractivity contribution >= 4 is 0 Å². The third-order valence-electron chi connectivity index (χ3n) is 3.64. The first-order valence-corrected chi connectivity index (χ1v) is 6.98. The van der Waals surface area contributed by atoms with Crippen LogP contribution >= 0.6 is 0 Å². The summed E-state index contributed by atoms with van der Waals surface area (Å²) >= 11 is 0. The van der Waals surface area contributed by atoms with E-state index in [-0.39, 0.29) is 5.41 Å². The molecule has 0 aliphatic rings. The summed E-state index contributed by atoms with van der Waals surface area (Å²) < 4.78 is 0. The van der Waals surface area contributed by atoms with Crippen molar-refractivity contribution in [2.45, 2.75) is 58.4 Å². The lowest BCUT2D eigenvalue weighted by molar-refractivity contribution is 0.419. The molecule has 1 aromatic carbocycles. The van der Waals surface area contributed by atoms with E-state index < -0.39 is 0 Å². The lowest BCUT2D eigenvalue weighted by Gasteiger charge is -2.26. The quantitative estimate of drug-likeness (QED) is 0.769. The van der Waals surface area contributed by atoms with Crippen LogP contribution in [0.4, 0.5) is 0 Å². The number of benzene rings is 1. The van der Waals surface area contributed by atoms with Gasteiger partial charge < -0.3 is 10.4 Å². The third-order valence-corrected chi connectivity index (χ3v) is 3.64. The third kappa shape index (κ3) is 4.69. The van der Waals surface area contributed by atoms with E-state index in [1.54, 1.807) is 12.1 Å². The molecule has 1 rings (SSSR count). The average molecular weight is 249 g/mol. The largest absolute Gasteiger partial charge is 0.508 e. The molecule has 2 N–H and O–H groups in total. The summed E-state index contributed by atoms with van der Waals surface area (Å²) in [5.74, 6) is 0.343. The first-order chi connectivity index (χ1) is 8.45. The number of nitrogens with one attached hydrogen (secondary N) is 1. The van der Waals surface area contributed by atoms with Crippen LogP contribution in [0.3, 0.4) is 0 Å². The van der Waals surface area contributed by atoms with Crippen LogP contribution in [0.2, 0.25) is 0 Å². The van der Waals surface area contributed by atoms with E-state index in [9.17, 15) is 5.11 Å².